The predicted octanol–water partition coefficient (Wildman–Crippen LogP) is 4.16. The first-order valence-electron chi connectivity index (χ1n) is 9.40. The Hall–Kier alpha value is -2.16. The summed E-state index contributed by atoms with van der Waals surface area (Å²) in [6.45, 7) is 4.23. The van der Waals surface area contributed by atoms with E-state index in [-0.39, 0.29) is 0 Å². The number of ether oxygens (including phenoxy) is 1. The zero-order chi connectivity index (χ0) is 19.0. The van der Waals surface area contributed by atoms with E-state index in [0.29, 0.717) is 5.95 Å². The normalized spacial score (nSPS) is 14.7. The molecule has 0 atom stereocenters. The van der Waals surface area contributed by atoms with E-state index in [0.717, 1.165) is 41.7 Å². The van der Waals surface area contributed by atoms with Gasteiger partial charge in [-0.05, 0) is 24.6 Å². The molecule has 0 spiro atoms. The van der Waals surface area contributed by atoms with E-state index in [4.69, 9.17) is 4.74 Å². The molecule has 1 aromatic carbocycles. The minimum Gasteiger partial charge on any atom is -0.493 e. The maximum absolute atomic E-state index is 5.94. The molecule has 0 aliphatic carbocycles. The summed E-state index contributed by atoms with van der Waals surface area (Å²) in [5.41, 5.74) is 1.72. The summed E-state index contributed by atoms with van der Waals surface area (Å²) in [5, 5.41) is 6.08. The van der Waals surface area contributed by atoms with Crippen LogP contribution in [0.25, 0.3) is 10.7 Å². The number of rotatable bonds is 8. The number of benzene rings is 1. The van der Waals surface area contributed by atoms with E-state index in [1.54, 1.807) is 23.7 Å². The van der Waals surface area contributed by atoms with Crippen LogP contribution in [0.15, 0.2) is 48.1 Å². The number of thioether (sulfide) groups is 1. The number of aromatic nitrogens is 3. The molecule has 0 unspecified atom stereocenters. The summed E-state index contributed by atoms with van der Waals surface area (Å²) < 4.78 is 5.94. The molecule has 2 aromatic heterocycles. The summed E-state index contributed by atoms with van der Waals surface area (Å²) in [5.74, 6) is 3.91. The quantitative estimate of drug-likeness (QED) is 0.556. The molecule has 1 fully saturated rings. The van der Waals surface area contributed by atoms with Gasteiger partial charge in [-0.15, -0.1) is 11.3 Å². The van der Waals surface area contributed by atoms with E-state index in [1.807, 2.05) is 47.5 Å². The van der Waals surface area contributed by atoms with Gasteiger partial charge in [-0.3, -0.25) is 0 Å². The van der Waals surface area contributed by atoms with Crippen molar-refractivity contribution in [1.82, 2.24) is 19.9 Å². The SMILES string of the molecule is c1cc(Nc2nccc(-c3nccs3)n2)cc(OCCCN2CCSCC2)c1. The lowest BCUT2D eigenvalue weighted by atomic mass is 10.3. The molecule has 4 rings (SSSR count). The highest BCUT2D eigenvalue weighted by Crippen LogP contribution is 2.23. The monoisotopic (exact) mass is 413 g/mol. The molecule has 1 saturated heterocycles. The first-order chi connectivity index (χ1) is 13.9. The lowest BCUT2D eigenvalue weighted by molar-refractivity contribution is 0.248. The van der Waals surface area contributed by atoms with Crippen LogP contribution in [0, 0.1) is 0 Å². The molecule has 1 N–H and O–H groups in total. The molecule has 1 aliphatic rings. The number of hydrogen-bond donors (Lipinski definition) is 1. The van der Waals surface area contributed by atoms with Crippen LogP contribution in [0.3, 0.4) is 0 Å². The van der Waals surface area contributed by atoms with E-state index >= 15 is 0 Å². The van der Waals surface area contributed by atoms with Gasteiger partial charge in [0.05, 0.1) is 6.61 Å². The molecule has 3 heterocycles. The summed E-state index contributed by atoms with van der Waals surface area (Å²) in [6.07, 6.45) is 4.56. The van der Waals surface area contributed by atoms with Crippen LogP contribution in [0.4, 0.5) is 11.6 Å². The van der Waals surface area contributed by atoms with Crippen molar-refractivity contribution in [3.05, 3.63) is 48.1 Å². The third kappa shape index (κ3) is 5.43. The minimum atomic E-state index is 0.549. The molecule has 8 heteroatoms. The molecule has 0 amide bonds. The second-order valence-corrected chi connectivity index (χ2v) is 8.53. The van der Waals surface area contributed by atoms with Crippen molar-refractivity contribution in [2.24, 2.45) is 0 Å². The molecule has 6 nitrogen and oxygen atoms in total. The number of nitrogens with zero attached hydrogens (tertiary/aromatic N) is 4. The number of thiazole rings is 1. The largest absolute Gasteiger partial charge is 0.493 e. The second kappa shape index (κ2) is 9.86. The number of nitrogens with one attached hydrogen (secondary N) is 1. The second-order valence-electron chi connectivity index (χ2n) is 6.41. The van der Waals surface area contributed by atoms with Crippen molar-refractivity contribution in [3.63, 3.8) is 0 Å². The van der Waals surface area contributed by atoms with Gasteiger partial charge in [-0.25, -0.2) is 15.0 Å². The zero-order valence-corrected chi connectivity index (χ0v) is 17.2. The Kier molecular flexibility index (Phi) is 6.75. The van der Waals surface area contributed by atoms with Crippen molar-refractivity contribution in [2.75, 3.05) is 43.1 Å². The maximum atomic E-state index is 5.94. The zero-order valence-electron chi connectivity index (χ0n) is 15.6. The van der Waals surface area contributed by atoms with Crippen molar-refractivity contribution >= 4 is 34.7 Å². The fourth-order valence-corrected chi connectivity index (χ4v) is 4.57. The van der Waals surface area contributed by atoms with Crippen LogP contribution >= 0.6 is 23.1 Å². The van der Waals surface area contributed by atoms with Crippen LogP contribution in [-0.4, -0.2) is 57.6 Å². The third-order valence-electron chi connectivity index (χ3n) is 4.39. The van der Waals surface area contributed by atoms with Gasteiger partial charge < -0.3 is 15.0 Å². The maximum Gasteiger partial charge on any atom is 0.227 e. The Balaban J connectivity index is 1.30. The lowest BCUT2D eigenvalue weighted by Crippen LogP contribution is -2.33. The van der Waals surface area contributed by atoms with Crippen LogP contribution in [0.1, 0.15) is 6.42 Å². The van der Waals surface area contributed by atoms with Gasteiger partial charge in [0.25, 0.3) is 0 Å². The van der Waals surface area contributed by atoms with E-state index in [9.17, 15) is 0 Å². The van der Waals surface area contributed by atoms with E-state index < -0.39 is 0 Å². The standard InChI is InChI=1S/C20H23N5OS2/c1-3-16(23-20-22-6-5-18(24-20)19-21-7-12-28-19)15-17(4-1)26-11-2-8-25-9-13-27-14-10-25/h1,3-7,12,15H,2,8-11,13-14H2,(H,22,23,24). The van der Waals surface area contributed by atoms with Crippen LogP contribution in [0.5, 0.6) is 5.75 Å². The van der Waals surface area contributed by atoms with Crippen molar-refractivity contribution < 1.29 is 4.74 Å². The van der Waals surface area contributed by atoms with Gasteiger partial charge in [-0.2, -0.15) is 11.8 Å². The molecule has 1 aliphatic heterocycles. The average molecular weight is 414 g/mol. The van der Waals surface area contributed by atoms with Gasteiger partial charge in [0.1, 0.15) is 16.5 Å². The number of anilines is 2. The van der Waals surface area contributed by atoms with E-state index in [2.05, 4.69) is 25.2 Å². The van der Waals surface area contributed by atoms with Gasteiger partial charge >= 0.3 is 0 Å². The highest BCUT2D eigenvalue weighted by Gasteiger charge is 2.09. The lowest BCUT2D eigenvalue weighted by Gasteiger charge is -2.25. The van der Waals surface area contributed by atoms with Crippen LogP contribution in [-0.2, 0) is 0 Å². The third-order valence-corrected chi connectivity index (χ3v) is 6.13. The number of hydrogen-bond acceptors (Lipinski definition) is 8. The smallest absolute Gasteiger partial charge is 0.227 e. The van der Waals surface area contributed by atoms with Gasteiger partial charge in [0.15, 0.2) is 0 Å². The fourth-order valence-electron chi connectivity index (χ4n) is 2.98. The molecular weight excluding hydrogens is 390 g/mol. The Morgan fingerprint density at radius 3 is 2.89 bits per heavy atom. The molecule has 0 saturated carbocycles. The molecule has 0 radical (unpaired) electrons. The minimum absolute atomic E-state index is 0.549. The van der Waals surface area contributed by atoms with Gasteiger partial charge in [0, 0.05) is 60.7 Å². The first-order valence-corrected chi connectivity index (χ1v) is 11.4. The van der Waals surface area contributed by atoms with Crippen molar-refractivity contribution in [3.8, 4) is 16.5 Å². The topological polar surface area (TPSA) is 63.2 Å². The van der Waals surface area contributed by atoms with Gasteiger partial charge in [0.2, 0.25) is 5.95 Å². The Morgan fingerprint density at radius 2 is 2.04 bits per heavy atom. The Labute approximate surface area is 173 Å². The fraction of sp³-hybridized carbons (Fsp3) is 0.350. The Bertz CT molecular complexity index is 869. The molecule has 28 heavy (non-hydrogen) atoms. The molecule has 146 valence electrons. The Morgan fingerprint density at radius 1 is 1.11 bits per heavy atom. The highest BCUT2D eigenvalue weighted by molar-refractivity contribution is 7.99. The van der Waals surface area contributed by atoms with Crippen molar-refractivity contribution in [2.45, 2.75) is 6.42 Å². The average Bonchev–Trinajstić information content (AvgIpc) is 3.28. The van der Waals surface area contributed by atoms with Gasteiger partial charge in [-0.1, -0.05) is 6.07 Å². The summed E-state index contributed by atoms with van der Waals surface area (Å²) in [6, 6.07) is 9.79. The predicted molar refractivity (Wildman–Crippen MR) is 117 cm³/mol. The van der Waals surface area contributed by atoms with Crippen LogP contribution < -0.4 is 10.1 Å². The van der Waals surface area contributed by atoms with Crippen LogP contribution in [0.2, 0.25) is 0 Å². The summed E-state index contributed by atoms with van der Waals surface area (Å²) in [4.78, 5) is 15.7. The molecule has 0 bridgehead atoms. The van der Waals surface area contributed by atoms with Crippen molar-refractivity contribution in [1.29, 1.82) is 0 Å². The summed E-state index contributed by atoms with van der Waals surface area (Å²) >= 11 is 3.61. The molecule has 3 aromatic rings. The first kappa shape index (κ1) is 19.2. The molecular formula is C20H23N5OS2. The highest BCUT2D eigenvalue weighted by atomic mass is 32.2. The summed E-state index contributed by atoms with van der Waals surface area (Å²) in [7, 11) is 0. The van der Waals surface area contributed by atoms with E-state index in [1.165, 1.54) is 24.6 Å².